The molecule has 1 aliphatic heterocycles. The van der Waals surface area contributed by atoms with E-state index in [1.54, 1.807) is 12.0 Å². The third kappa shape index (κ3) is 4.33. The van der Waals surface area contributed by atoms with E-state index in [1.165, 1.54) is 6.42 Å². The van der Waals surface area contributed by atoms with E-state index in [0.29, 0.717) is 24.5 Å². The zero-order valence-electron chi connectivity index (χ0n) is 20.5. The van der Waals surface area contributed by atoms with Crippen molar-refractivity contribution in [2.75, 3.05) is 7.11 Å². The molecule has 1 N–H and O–H groups in total. The Morgan fingerprint density at radius 2 is 1.66 bits per heavy atom. The summed E-state index contributed by atoms with van der Waals surface area (Å²) in [6.45, 7) is 2.58. The molecule has 1 fully saturated rings. The fourth-order valence-electron chi connectivity index (χ4n) is 5.47. The van der Waals surface area contributed by atoms with Crippen LogP contribution < -0.4 is 10.1 Å². The predicted octanol–water partition coefficient (Wildman–Crippen LogP) is 5.03. The average Bonchev–Trinajstić information content (AvgIpc) is 3.31. The molecule has 1 aliphatic carbocycles. The molecule has 35 heavy (non-hydrogen) atoms. The predicted molar refractivity (Wildman–Crippen MR) is 136 cm³/mol. The van der Waals surface area contributed by atoms with Crippen LogP contribution in [0.2, 0.25) is 0 Å². The second-order valence-corrected chi connectivity index (χ2v) is 9.84. The molecule has 6 nitrogen and oxygen atoms in total. The Kier molecular flexibility index (Phi) is 6.37. The largest absolute Gasteiger partial charge is 0.496 e. The van der Waals surface area contributed by atoms with Crippen LogP contribution in [-0.2, 0) is 17.9 Å². The van der Waals surface area contributed by atoms with E-state index >= 15 is 0 Å². The van der Waals surface area contributed by atoms with Crippen molar-refractivity contribution >= 4 is 11.8 Å². The lowest BCUT2D eigenvalue weighted by molar-refractivity contribution is -0.134. The Hall–Kier alpha value is -3.54. The highest BCUT2D eigenvalue weighted by Crippen LogP contribution is 2.35. The summed E-state index contributed by atoms with van der Waals surface area (Å²) >= 11 is 0. The van der Waals surface area contributed by atoms with Crippen LogP contribution in [-0.4, -0.2) is 40.0 Å². The highest BCUT2D eigenvalue weighted by molar-refractivity contribution is 6.00. The number of ether oxygens (including phenoxy) is 1. The van der Waals surface area contributed by atoms with Gasteiger partial charge in [-0.3, -0.25) is 9.59 Å². The molecule has 6 heteroatoms. The number of hydrogen-bond acceptors (Lipinski definition) is 3. The second kappa shape index (κ2) is 9.61. The molecule has 3 aromatic rings. The van der Waals surface area contributed by atoms with Crippen LogP contribution in [0.25, 0.3) is 11.3 Å². The fourth-order valence-corrected chi connectivity index (χ4v) is 5.47. The monoisotopic (exact) mass is 471 g/mol. The summed E-state index contributed by atoms with van der Waals surface area (Å²) in [6, 6.07) is 21.7. The number of amides is 2. The minimum absolute atomic E-state index is 0.0917. The van der Waals surface area contributed by atoms with Gasteiger partial charge in [0.25, 0.3) is 5.91 Å². The number of para-hydroxylation sites is 1. The average molecular weight is 472 g/mol. The minimum Gasteiger partial charge on any atom is -0.496 e. The molecule has 2 amide bonds. The van der Waals surface area contributed by atoms with Crippen LogP contribution in [0.1, 0.15) is 55.1 Å². The number of carbonyl (C=O) groups excluding carboxylic acids is 2. The summed E-state index contributed by atoms with van der Waals surface area (Å²) in [6.07, 6.45) is 5.46. The Labute approximate surface area is 206 Å². The van der Waals surface area contributed by atoms with Crippen LogP contribution in [0.5, 0.6) is 5.75 Å². The molecule has 2 heterocycles. The van der Waals surface area contributed by atoms with Crippen molar-refractivity contribution in [1.29, 1.82) is 0 Å². The Bertz CT molecular complexity index is 1210. The van der Waals surface area contributed by atoms with Gasteiger partial charge >= 0.3 is 0 Å². The summed E-state index contributed by atoms with van der Waals surface area (Å²) in [5.41, 5.74) is 2.40. The van der Waals surface area contributed by atoms with Crippen LogP contribution in [0, 0.1) is 0 Å². The van der Waals surface area contributed by atoms with Gasteiger partial charge in [0.2, 0.25) is 5.91 Å². The first kappa shape index (κ1) is 23.2. The molecule has 5 rings (SSSR count). The van der Waals surface area contributed by atoms with E-state index in [4.69, 9.17) is 4.74 Å². The van der Waals surface area contributed by atoms with E-state index in [2.05, 4.69) is 5.32 Å². The van der Waals surface area contributed by atoms with Gasteiger partial charge < -0.3 is 19.5 Å². The minimum atomic E-state index is -1.05. The molecular formula is C29H33N3O3. The normalized spacial score (nSPS) is 20.4. The number of aromatic nitrogens is 1. The summed E-state index contributed by atoms with van der Waals surface area (Å²) < 4.78 is 7.57. The van der Waals surface area contributed by atoms with Gasteiger partial charge in [-0.1, -0.05) is 67.8 Å². The maximum absolute atomic E-state index is 14.0. The number of rotatable bonds is 6. The van der Waals surface area contributed by atoms with Gasteiger partial charge in [-0.05, 0) is 43.5 Å². The summed E-state index contributed by atoms with van der Waals surface area (Å²) in [7, 11) is 1.63. The van der Waals surface area contributed by atoms with Crippen LogP contribution in [0.4, 0.5) is 0 Å². The third-order valence-corrected chi connectivity index (χ3v) is 7.53. The first-order valence-corrected chi connectivity index (χ1v) is 12.5. The molecule has 2 aromatic carbocycles. The Morgan fingerprint density at radius 3 is 2.40 bits per heavy atom. The molecule has 0 spiro atoms. The van der Waals surface area contributed by atoms with Crippen LogP contribution >= 0.6 is 0 Å². The highest BCUT2D eigenvalue weighted by Gasteiger charge is 2.48. The van der Waals surface area contributed by atoms with Crippen molar-refractivity contribution in [3.05, 3.63) is 78.0 Å². The van der Waals surface area contributed by atoms with E-state index in [9.17, 15) is 9.59 Å². The van der Waals surface area contributed by atoms with Crippen molar-refractivity contribution in [3.8, 4) is 17.0 Å². The summed E-state index contributed by atoms with van der Waals surface area (Å²) in [4.78, 5) is 29.6. The quantitative estimate of drug-likeness (QED) is 0.549. The second-order valence-electron chi connectivity index (χ2n) is 9.84. The Balaban J connectivity index is 1.55. The van der Waals surface area contributed by atoms with Crippen molar-refractivity contribution < 1.29 is 14.3 Å². The summed E-state index contributed by atoms with van der Waals surface area (Å²) in [5.74, 6) is 0.470. The topological polar surface area (TPSA) is 63.6 Å². The number of carbonyl (C=O) groups is 2. The number of hydrogen-bond donors (Lipinski definition) is 1. The van der Waals surface area contributed by atoms with Gasteiger partial charge in [-0.25, -0.2) is 0 Å². The van der Waals surface area contributed by atoms with Gasteiger partial charge in [-0.15, -0.1) is 0 Å². The van der Waals surface area contributed by atoms with Crippen molar-refractivity contribution in [2.45, 2.75) is 63.7 Å². The number of nitrogens with one attached hydrogen (secondary N) is 1. The van der Waals surface area contributed by atoms with Gasteiger partial charge in [0.15, 0.2) is 0 Å². The number of methoxy groups -OCH3 is 1. The molecule has 1 saturated carbocycles. The molecule has 2 aliphatic rings. The molecule has 1 aromatic heterocycles. The maximum atomic E-state index is 14.0. The number of fused-ring (bicyclic) bond motifs is 1. The van der Waals surface area contributed by atoms with Gasteiger partial charge in [0.05, 0.1) is 20.2 Å². The van der Waals surface area contributed by atoms with E-state index in [-0.39, 0.29) is 17.9 Å². The standard InChI is InChI=1S/C29H33N3O3/c1-29(28(34)30-23-14-7-4-8-15-23)20-31-24(21-11-5-3-6-12-21)17-18-25(31)27(33)32(29)19-22-13-9-10-16-26(22)35-2/h3,5-6,9-13,16-18,23H,4,7-8,14-15,19-20H2,1-2H3,(H,30,34)/t29-/m1/s1. The molecule has 0 radical (unpaired) electrons. The molecule has 0 unspecified atom stereocenters. The van der Waals surface area contributed by atoms with Crippen LogP contribution in [0.3, 0.4) is 0 Å². The number of benzene rings is 2. The van der Waals surface area contributed by atoms with E-state index < -0.39 is 5.54 Å². The lowest BCUT2D eigenvalue weighted by Gasteiger charge is -2.45. The molecule has 1 atom stereocenters. The van der Waals surface area contributed by atoms with E-state index in [0.717, 1.165) is 42.5 Å². The number of nitrogens with zero attached hydrogens (tertiary/aromatic N) is 2. The van der Waals surface area contributed by atoms with E-state index in [1.807, 2.05) is 78.2 Å². The fraction of sp³-hybridized carbons (Fsp3) is 0.379. The molecule has 182 valence electrons. The third-order valence-electron chi connectivity index (χ3n) is 7.53. The van der Waals surface area contributed by atoms with Crippen molar-refractivity contribution in [3.63, 3.8) is 0 Å². The van der Waals surface area contributed by atoms with Crippen molar-refractivity contribution in [1.82, 2.24) is 14.8 Å². The molecule has 0 bridgehead atoms. The molecule has 0 saturated heterocycles. The highest BCUT2D eigenvalue weighted by atomic mass is 16.5. The van der Waals surface area contributed by atoms with Gasteiger partial charge in [0.1, 0.15) is 17.0 Å². The Morgan fingerprint density at radius 1 is 0.971 bits per heavy atom. The first-order chi connectivity index (χ1) is 17.0. The maximum Gasteiger partial charge on any atom is 0.271 e. The SMILES string of the molecule is COc1ccccc1CN1C(=O)c2ccc(-c3ccccc3)n2C[C@]1(C)C(=O)NC1CCCCC1. The van der Waals surface area contributed by atoms with Gasteiger partial charge in [-0.2, -0.15) is 0 Å². The zero-order chi connectivity index (χ0) is 24.4. The molecular weight excluding hydrogens is 438 g/mol. The summed E-state index contributed by atoms with van der Waals surface area (Å²) in [5, 5.41) is 3.30. The van der Waals surface area contributed by atoms with Crippen molar-refractivity contribution in [2.24, 2.45) is 0 Å². The zero-order valence-corrected chi connectivity index (χ0v) is 20.5. The lowest BCUT2D eigenvalue weighted by Crippen LogP contribution is -2.64. The van der Waals surface area contributed by atoms with Crippen LogP contribution in [0.15, 0.2) is 66.7 Å². The smallest absolute Gasteiger partial charge is 0.271 e. The lowest BCUT2D eigenvalue weighted by atomic mass is 9.91. The first-order valence-electron chi connectivity index (χ1n) is 12.5. The van der Waals surface area contributed by atoms with Gasteiger partial charge in [0, 0.05) is 17.3 Å².